The molecule has 0 atom stereocenters. The number of pyridine rings is 1. The number of carboxylic acid groups (broad SMARTS) is 1. The molecule has 2 aromatic rings. The molecular weight excluding hydrogens is 363 g/mol. The molecule has 8 nitrogen and oxygen atoms in total. The molecular formula is C19H19BN2O6. The van der Waals surface area contributed by atoms with Crippen LogP contribution in [0.25, 0.3) is 0 Å². The summed E-state index contributed by atoms with van der Waals surface area (Å²) in [5.74, 6) is -0.856. The Bertz CT molecular complexity index is 901. The van der Waals surface area contributed by atoms with E-state index in [4.69, 9.17) is 9.39 Å². The first-order valence-electron chi connectivity index (χ1n) is 9.08. The standard InChI is InChI=1S/C19H19BN2O6/c23-16(8-12-2-1-7-21-9-12)22-10-14(11-22)27-15-4-3-13-5-6-20(26)28-18(13)17(15)19(24)25/h1-4,7,9,14,26H,5-6,8,10-11H2,(H,24,25). The van der Waals surface area contributed by atoms with Gasteiger partial charge in [-0.15, -0.1) is 0 Å². The van der Waals surface area contributed by atoms with Crippen LogP contribution >= 0.6 is 0 Å². The predicted octanol–water partition coefficient (Wildman–Crippen LogP) is 1.03. The fourth-order valence-electron chi connectivity index (χ4n) is 3.40. The largest absolute Gasteiger partial charge is 0.535 e. The lowest BCUT2D eigenvalue weighted by molar-refractivity contribution is -0.139. The Labute approximate surface area is 161 Å². The molecule has 28 heavy (non-hydrogen) atoms. The van der Waals surface area contributed by atoms with Gasteiger partial charge >= 0.3 is 13.1 Å². The molecule has 4 rings (SSSR count). The maximum atomic E-state index is 12.3. The molecule has 1 aromatic carbocycles. The molecule has 3 heterocycles. The number of fused-ring (bicyclic) bond motifs is 1. The van der Waals surface area contributed by atoms with Gasteiger partial charge in [0, 0.05) is 12.4 Å². The Kier molecular flexibility index (Phi) is 4.91. The number of ether oxygens (including phenoxy) is 1. The summed E-state index contributed by atoms with van der Waals surface area (Å²) in [4.78, 5) is 29.7. The number of aromatic nitrogens is 1. The van der Waals surface area contributed by atoms with Crippen molar-refractivity contribution < 1.29 is 29.1 Å². The third-order valence-electron chi connectivity index (χ3n) is 4.90. The first-order chi connectivity index (χ1) is 13.5. The summed E-state index contributed by atoms with van der Waals surface area (Å²) in [6, 6.07) is 7.00. The van der Waals surface area contributed by atoms with Crippen molar-refractivity contribution in [3.05, 3.63) is 53.3 Å². The van der Waals surface area contributed by atoms with Gasteiger partial charge in [0.2, 0.25) is 5.91 Å². The zero-order valence-corrected chi connectivity index (χ0v) is 15.1. The molecule has 144 valence electrons. The van der Waals surface area contributed by atoms with Crippen LogP contribution in [0.5, 0.6) is 11.5 Å². The highest BCUT2D eigenvalue weighted by atomic mass is 16.5. The normalized spacial score (nSPS) is 16.0. The zero-order chi connectivity index (χ0) is 19.7. The number of likely N-dealkylation sites (tertiary alicyclic amines) is 1. The number of carbonyl (C=O) groups excluding carboxylic acids is 1. The second-order valence-corrected chi connectivity index (χ2v) is 6.92. The Morgan fingerprint density at radius 3 is 2.86 bits per heavy atom. The van der Waals surface area contributed by atoms with Crippen LogP contribution in [0, 0.1) is 0 Å². The van der Waals surface area contributed by atoms with E-state index in [0.29, 0.717) is 25.8 Å². The molecule has 2 aliphatic rings. The summed E-state index contributed by atoms with van der Waals surface area (Å²) in [7, 11) is -1.02. The molecule has 2 aliphatic heterocycles. The van der Waals surface area contributed by atoms with Gasteiger partial charge in [-0.2, -0.15) is 0 Å². The van der Waals surface area contributed by atoms with E-state index in [1.54, 1.807) is 35.5 Å². The van der Waals surface area contributed by atoms with Crippen molar-refractivity contribution in [1.82, 2.24) is 9.88 Å². The van der Waals surface area contributed by atoms with Gasteiger partial charge in [-0.1, -0.05) is 12.1 Å². The first kappa shape index (κ1) is 18.3. The SMILES string of the molecule is O=C(O)c1c(OC2CN(C(=O)Cc3cccnc3)C2)ccc2c1OB(O)CC2. The molecule has 1 aromatic heterocycles. The molecule has 0 spiro atoms. The molecule has 1 amide bonds. The number of hydrogen-bond acceptors (Lipinski definition) is 6. The number of benzene rings is 1. The summed E-state index contributed by atoms with van der Waals surface area (Å²) in [6.45, 7) is 0.775. The van der Waals surface area contributed by atoms with Gasteiger partial charge in [-0.25, -0.2) is 4.79 Å². The predicted molar refractivity (Wildman–Crippen MR) is 99.5 cm³/mol. The van der Waals surface area contributed by atoms with Gasteiger partial charge in [0.05, 0.1) is 19.5 Å². The van der Waals surface area contributed by atoms with Gasteiger partial charge in [0.15, 0.2) is 0 Å². The molecule has 2 N–H and O–H groups in total. The van der Waals surface area contributed by atoms with Crippen LogP contribution in [-0.4, -0.2) is 58.2 Å². The second-order valence-electron chi connectivity index (χ2n) is 6.92. The van der Waals surface area contributed by atoms with Crippen LogP contribution in [0.2, 0.25) is 6.32 Å². The van der Waals surface area contributed by atoms with E-state index in [9.17, 15) is 19.7 Å². The maximum Gasteiger partial charge on any atom is 0.522 e. The van der Waals surface area contributed by atoms with E-state index in [-0.39, 0.29) is 35.5 Å². The Morgan fingerprint density at radius 2 is 2.14 bits per heavy atom. The van der Waals surface area contributed by atoms with Crippen molar-refractivity contribution >= 4 is 19.0 Å². The minimum absolute atomic E-state index is 0.0248. The fraction of sp³-hybridized carbons (Fsp3) is 0.316. The molecule has 0 aliphatic carbocycles. The van der Waals surface area contributed by atoms with Crippen LogP contribution in [0.1, 0.15) is 21.5 Å². The average Bonchev–Trinajstić information content (AvgIpc) is 2.64. The highest BCUT2D eigenvalue weighted by Gasteiger charge is 2.35. The second kappa shape index (κ2) is 7.51. The van der Waals surface area contributed by atoms with Crippen LogP contribution in [0.4, 0.5) is 0 Å². The van der Waals surface area contributed by atoms with Crippen molar-refractivity contribution in [1.29, 1.82) is 0 Å². The van der Waals surface area contributed by atoms with Gasteiger partial charge in [0.1, 0.15) is 23.2 Å². The summed E-state index contributed by atoms with van der Waals surface area (Å²) in [6.07, 6.45) is 4.25. The average molecular weight is 382 g/mol. The Balaban J connectivity index is 1.41. The van der Waals surface area contributed by atoms with Crippen molar-refractivity contribution in [2.45, 2.75) is 25.3 Å². The number of aryl methyl sites for hydroxylation is 1. The van der Waals surface area contributed by atoms with Gasteiger partial charge in [-0.3, -0.25) is 9.78 Å². The van der Waals surface area contributed by atoms with E-state index < -0.39 is 13.1 Å². The third-order valence-corrected chi connectivity index (χ3v) is 4.90. The Morgan fingerprint density at radius 1 is 1.32 bits per heavy atom. The third kappa shape index (κ3) is 3.66. The molecule has 1 saturated heterocycles. The number of nitrogens with zero attached hydrogens (tertiary/aromatic N) is 2. The summed E-state index contributed by atoms with van der Waals surface area (Å²) < 4.78 is 11.2. The molecule has 0 unspecified atom stereocenters. The van der Waals surface area contributed by atoms with Gasteiger partial charge in [0.25, 0.3) is 0 Å². The molecule has 1 fully saturated rings. The summed E-state index contributed by atoms with van der Waals surface area (Å²) >= 11 is 0. The number of aromatic carboxylic acids is 1. The quantitative estimate of drug-likeness (QED) is 0.744. The van der Waals surface area contributed by atoms with Crippen LogP contribution < -0.4 is 9.39 Å². The fourth-order valence-corrected chi connectivity index (χ4v) is 3.40. The minimum Gasteiger partial charge on any atom is -0.535 e. The number of rotatable bonds is 5. The van der Waals surface area contributed by atoms with E-state index in [1.165, 1.54) is 0 Å². The smallest absolute Gasteiger partial charge is 0.522 e. The topological polar surface area (TPSA) is 109 Å². The lowest BCUT2D eigenvalue weighted by Gasteiger charge is -2.39. The van der Waals surface area contributed by atoms with E-state index in [2.05, 4.69) is 4.98 Å². The van der Waals surface area contributed by atoms with E-state index in [0.717, 1.165) is 11.1 Å². The van der Waals surface area contributed by atoms with Crippen molar-refractivity contribution in [3.8, 4) is 11.5 Å². The molecule has 0 radical (unpaired) electrons. The maximum absolute atomic E-state index is 12.3. The monoisotopic (exact) mass is 382 g/mol. The lowest BCUT2D eigenvalue weighted by Crippen LogP contribution is -2.56. The van der Waals surface area contributed by atoms with Crippen LogP contribution in [0.3, 0.4) is 0 Å². The number of carboxylic acids is 1. The Hall–Kier alpha value is -3.07. The molecule has 0 saturated carbocycles. The number of amides is 1. The summed E-state index contributed by atoms with van der Waals surface area (Å²) in [5.41, 5.74) is 1.49. The van der Waals surface area contributed by atoms with E-state index >= 15 is 0 Å². The highest BCUT2D eigenvalue weighted by Crippen LogP contribution is 2.37. The van der Waals surface area contributed by atoms with Crippen molar-refractivity contribution in [3.63, 3.8) is 0 Å². The van der Waals surface area contributed by atoms with Crippen molar-refractivity contribution in [2.75, 3.05) is 13.1 Å². The van der Waals surface area contributed by atoms with E-state index in [1.807, 2.05) is 6.07 Å². The number of hydrogen-bond donors (Lipinski definition) is 2. The zero-order valence-electron chi connectivity index (χ0n) is 15.1. The molecule has 0 bridgehead atoms. The van der Waals surface area contributed by atoms with Gasteiger partial charge < -0.3 is 24.4 Å². The number of carbonyl (C=O) groups is 2. The first-order valence-corrected chi connectivity index (χ1v) is 9.08. The lowest BCUT2D eigenvalue weighted by atomic mass is 9.78. The minimum atomic E-state index is -1.18. The van der Waals surface area contributed by atoms with Crippen LogP contribution in [-0.2, 0) is 17.6 Å². The van der Waals surface area contributed by atoms with Gasteiger partial charge in [-0.05, 0) is 36.0 Å². The van der Waals surface area contributed by atoms with Crippen LogP contribution in [0.15, 0.2) is 36.7 Å². The summed E-state index contributed by atoms with van der Waals surface area (Å²) in [5, 5.41) is 19.3. The van der Waals surface area contributed by atoms with Crippen molar-refractivity contribution in [2.24, 2.45) is 0 Å². The highest BCUT2D eigenvalue weighted by molar-refractivity contribution is 6.44. The molecule has 9 heteroatoms.